The third-order valence-electron chi connectivity index (χ3n) is 3.43. The first-order valence-corrected chi connectivity index (χ1v) is 5.90. The number of nitrogens with one attached hydrogen (secondary N) is 1. The SMILES string of the molecule is COc1ccccc1CC1NCCC1CN. The van der Waals surface area contributed by atoms with E-state index in [1.54, 1.807) is 7.11 Å². The fourth-order valence-corrected chi connectivity index (χ4v) is 2.45. The molecule has 0 radical (unpaired) electrons. The number of nitrogens with two attached hydrogens (primary N) is 1. The Morgan fingerprint density at radius 2 is 2.25 bits per heavy atom. The largest absolute Gasteiger partial charge is 0.496 e. The lowest BCUT2D eigenvalue weighted by Gasteiger charge is -2.19. The summed E-state index contributed by atoms with van der Waals surface area (Å²) in [5, 5.41) is 3.52. The summed E-state index contributed by atoms with van der Waals surface area (Å²) in [6.45, 7) is 1.86. The first-order valence-electron chi connectivity index (χ1n) is 5.90. The molecule has 1 fully saturated rings. The van der Waals surface area contributed by atoms with Crippen LogP contribution in [0, 0.1) is 5.92 Å². The first kappa shape index (κ1) is 11.4. The van der Waals surface area contributed by atoms with Crippen LogP contribution in [-0.4, -0.2) is 26.2 Å². The number of methoxy groups -OCH3 is 1. The molecular weight excluding hydrogens is 200 g/mol. The van der Waals surface area contributed by atoms with E-state index >= 15 is 0 Å². The summed E-state index contributed by atoms with van der Waals surface area (Å²) in [5.74, 6) is 1.58. The molecule has 0 aliphatic carbocycles. The van der Waals surface area contributed by atoms with Crippen molar-refractivity contribution < 1.29 is 4.74 Å². The zero-order valence-corrected chi connectivity index (χ0v) is 9.78. The minimum absolute atomic E-state index is 0.501. The van der Waals surface area contributed by atoms with Crippen LogP contribution in [0.25, 0.3) is 0 Å². The molecule has 2 atom stereocenters. The highest BCUT2D eigenvalue weighted by atomic mass is 16.5. The van der Waals surface area contributed by atoms with Gasteiger partial charge in [-0.05, 0) is 43.5 Å². The molecule has 3 heteroatoms. The summed E-state index contributed by atoms with van der Waals surface area (Å²) in [4.78, 5) is 0. The monoisotopic (exact) mass is 220 g/mol. The third-order valence-corrected chi connectivity index (χ3v) is 3.43. The van der Waals surface area contributed by atoms with Crippen LogP contribution in [0.2, 0.25) is 0 Å². The molecular formula is C13H20N2O. The molecule has 0 aromatic heterocycles. The fraction of sp³-hybridized carbons (Fsp3) is 0.538. The maximum Gasteiger partial charge on any atom is 0.122 e. The van der Waals surface area contributed by atoms with Gasteiger partial charge < -0.3 is 15.8 Å². The number of hydrogen-bond acceptors (Lipinski definition) is 3. The van der Waals surface area contributed by atoms with E-state index in [0.717, 1.165) is 25.3 Å². The molecule has 2 rings (SSSR count). The standard InChI is InChI=1S/C13H20N2O/c1-16-13-5-3-2-4-10(13)8-12-11(9-14)6-7-15-12/h2-5,11-12,15H,6-9,14H2,1H3. The van der Waals surface area contributed by atoms with Gasteiger partial charge in [0.1, 0.15) is 5.75 Å². The Morgan fingerprint density at radius 1 is 1.44 bits per heavy atom. The zero-order chi connectivity index (χ0) is 11.4. The Labute approximate surface area is 97.0 Å². The molecule has 1 saturated heterocycles. The van der Waals surface area contributed by atoms with Gasteiger partial charge in [0.05, 0.1) is 7.11 Å². The topological polar surface area (TPSA) is 47.3 Å². The molecule has 1 heterocycles. The Bertz CT molecular complexity index is 340. The molecule has 3 N–H and O–H groups in total. The molecule has 0 bridgehead atoms. The molecule has 1 aliphatic heterocycles. The Morgan fingerprint density at radius 3 is 3.00 bits per heavy atom. The average molecular weight is 220 g/mol. The van der Waals surface area contributed by atoms with Gasteiger partial charge in [-0.1, -0.05) is 18.2 Å². The van der Waals surface area contributed by atoms with Crippen molar-refractivity contribution in [2.75, 3.05) is 20.2 Å². The maximum absolute atomic E-state index is 5.78. The second-order valence-electron chi connectivity index (χ2n) is 4.36. The van der Waals surface area contributed by atoms with Crippen molar-refractivity contribution >= 4 is 0 Å². The van der Waals surface area contributed by atoms with Crippen LogP contribution in [0.3, 0.4) is 0 Å². The van der Waals surface area contributed by atoms with E-state index in [1.165, 1.54) is 12.0 Å². The van der Waals surface area contributed by atoms with Crippen LogP contribution in [0.1, 0.15) is 12.0 Å². The van der Waals surface area contributed by atoms with E-state index in [4.69, 9.17) is 10.5 Å². The summed E-state index contributed by atoms with van der Waals surface area (Å²) in [6, 6.07) is 8.71. The van der Waals surface area contributed by atoms with E-state index in [1.807, 2.05) is 12.1 Å². The predicted octanol–water partition coefficient (Wildman–Crippen LogP) is 1.17. The van der Waals surface area contributed by atoms with Crippen LogP contribution < -0.4 is 15.8 Å². The Kier molecular flexibility index (Phi) is 3.80. The summed E-state index contributed by atoms with van der Waals surface area (Å²) >= 11 is 0. The molecule has 0 spiro atoms. The normalized spacial score (nSPS) is 24.6. The lowest BCUT2D eigenvalue weighted by Crippen LogP contribution is -2.33. The zero-order valence-electron chi connectivity index (χ0n) is 9.78. The summed E-state index contributed by atoms with van der Waals surface area (Å²) < 4.78 is 5.37. The summed E-state index contributed by atoms with van der Waals surface area (Å²) in [7, 11) is 1.72. The van der Waals surface area contributed by atoms with Crippen molar-refractivity contribution in [3.8, 4) is 5.75 Å². The molecule has 2 unspecified atom stereocenters. The maximum atomic E-state index is 5.78. The van der Waals surface area contributed by atoms with Crippen molar-refractivity contribution in [3.63, 3.8) is 0 Å². The molecule has 88 valence electrons. The van der Waals surface area contributed by atoms with Crippen molar-refractivity contribution in [2.45, 2.75) is 18.9 Å². The summed E-state index contributed by atoms with van der Waals surface area (Å²) in [6.07, 6.45) is 2.20. The predicted molar refractivity (Wildman–Crippen MR) is 65.7 cm³/mol. The lowest BCUT2D eigenvalue weighted by molar-refractivity contribution is 0.399. The molecule has 1 aromatic carbocycles. The molecule has 1 aliphatic rings. The van der Waals surface area contributed by atoms with Crippen molar-refractivity contribution in [2.24, 2.45) is 11.7 Å². The lowest BCUT2D eigenvalue weighted by atomic mass is 9.94. The van der Waals surface area contributed by atoms with Gasteiger partial charge in [0.2, 0.25) is 0 Å². The molecule has 0 amide bonds. The van der Waals surface area contributed by atoms with Crippen LogP contribution in [0.5, 0.6) is 5.75 Å². The van der Waals surface area contributed by atoms with Crippen molar-refractivity contribution in [3.05, 3.63) is 29.8 Å². The van der Waals surface area contributed by atoms with Gasteiger partial charge in [-0.3, -0.25) is 0 Å². The third kappa shape index (κ3) is 2.36. The van der Waals surface area contributed by atoms with E-state index in [-0.39, 0.29) is 0 Å². The highest BCUT2D eigenvalue weighted by molar-refractivity contribution is 5.34. The minimum atomic E-state index is 0.501. The first-order chi connectivity index (χ1) is 7.85. The minimum Gasteiger partial charge on any atom is -0.496 e. The van der Waals surface area contributed by atoms with E-state index < -0.39 is 0 Å². The number of hydrogen-bond donors (Lipinski definition) is 2. The highest BCUT2D eigenvalue weighted by Gasteiger charge is 2.26. The Balaban J connectivity index is 2.08. The Hall–Kier alpha value is -1.06. The van der Waals surface area contributed by atoms with Crippen LogP contribution in [-0.2, 0) is 6.42 Å². The second-order valence-corrected chi connectivity index (χ2v) is 4.36. The molecule has 3 nitrogen and oxygen atoms in total. The summed E-state index contributed by atoms with van der Waals surface area (Å²) in [5.41, 5.74) is 7.04. The van der Waals surface area contributed by atoms with Crippen molar-refractivity contribution in [1.82, 2.24) is 5.32 Å². The average Bonchev–Trinajstić information content (AvgIpc) is 2.77. The van der Waals surface area contributed by atoms with Gasteiger partial charge in [0.25, 0.3) is 0 Å². The van der Waals surface area contributed by atoms with Crippen LogP contribution >= 0.6 is 0 Å². The van der Waals surface area contributed by atoms with Gasteiger partial charge >= 0.3 is 0 Å². The van der Waals surface area contributed by atoms with Crippen LogP contribution in [0.4, 0.5) is 0 Å². The highest BCUT2D eigenvalue weighted by Crippen LogP contribution is 2.24. The number of rotatable bonds is 4. The van der Waals surface area contributed by atoms with Gasteiger partial charge in [0.15, 0.2) is 0 Å². The smallest absolute Gasteiger partial charge is 0.122 e. The fourth-order valence-electron chi connectivity index (χ4n) is 2.45. The number of ether oxygens (including phenoxy) is 1. The quantitative estimate of drug-likeness (QED) is 0.801. The van der Waals surface area contributed by atoms with Gasteiger partial charge in [-0.15, -0.1) is 0 Å². The van der Waals surface area contributed by atoms with E-state index in [9.17, 15) is 0 Å². The molecule has 0 saturated carbocycles. The van der Waals surface area contributed by atoms with E-state index in [2.05, 4.69) is 17.4 Å². The van der Waals surface area contributed by atoms with Crippen LogP contribution in [0.15, 0.2) is 24.3 Å². The van der Waals surface area contributed by atoms with Gasteiger partial charge in [-0.25, -0.2) is 0 Å². The molecule has 1 aromatic rings. The number of benzene rings is 1. The number of para-hydroxylation sites is 1. The second kappa shape index (κ2) is 5.32. The van der Waals surface area contributed by atoms with Crippen molar-refractivity contribution in [1.29, 1.82) is 0 Å². The molecule has 16 heavy (non-hydrogen) atoms. The van der Waals surface area contributed by atoms with E-state index in [0.29, 0.717) is 12.0 Å². The van der Waals surface area contributed by atoms with Gasteiger partial charge in [0, 0.05) is 6.04 Å². The van der Waals surface area contributed by atoms with Gasteiger partial charge in [-0.2, -0.15) is 0 Å².